The van der Waals surface area contributed by atoms with Gasteiger partial charge in [-0.3, -0.25) is 0 Å². The fraction of sp³-hybridized carbons (Fsp3) is 0.231. The molecule has 1 aliphatic heterocycles. The Morgan fingerprint density at radius 2 is 2.25 bits per heavy atom. The van der Waals surface area contributed by atoms with Gasteiger partial charge in [0.25, 0.3) is 0 Å². The zero-order chi connectivity index (χ0) is 14.1. The summed E-state index contributed by atoms with van der Waals surface area (Å²) >= 11 is 0. The molecule has 7 nitrogen and oxygen atoms in total. The Hall–Kier alpha value is -2.54. The van der Waals surface area contributed by atoms with Crippen LogP contribution < -0.4 is 9.47 Å². The highest BCUT2D eigenvalue weighted by Crippen LogP contribution is 2.34. The first-order chi connectivity index (χ1) is 9.70. The first kappa shape index (κ1) is 12.5. The van der Waals surface area contributed by atoms with Gasteiger partial charge >= 0.3 is 5.97 Å². The van der Waals surface area contributed by atoms with Crippen LogP contribution in [0.2, 0.25) is 0 Å². The molecule has 0 bridgehead atoms. The van der Waals surface area contributed by atoms with Crippen LogP contribution in [-0.2, 0) is 11.3 Å². The van der Waals surface area contributed by atoms with E-state index in [1.807, 2.05) is 0 Å². The Bertz CT molecular complexity index is 665. The number of benzene rings is 1. The van der Waals surface area contributed by atoms with E-state index >= 15 is 0 Å². The van der Waals surface area contributed by atoms with Crippen LogP contribution in [-0.4, -0.2) is 34.8 Å². The lowest BCUT2D eigenvalue weighted by Gasteiger charge is -2.08. The summed E-state index contributed by atoms with van der Waals surface area (Å²) in [6.45, 7) is 0.333. The number of aromatic carboxylic acids is 1. The van der Waals surface area contributed by atoms with Gasteiger partial charge in [-0.2, -0.15) is 5.10 Å². The maximum Gasteiger partial charge on any atom is 0.339 e. The molecule has 0 unspecified atom stereocenters. The minimum atomic E-state index is -1.04. The normalized spacial score (nSPS) is 12.7. The number of ether oxygens (including phenoxy) is 3. The van der Waals surface area contributed by atoms with Gasteiger partial charge in [-0.15, -0.1) is 0 Å². The second kappa shape index (κ2) is 4.86. The lowest BCUT2D eigenvalue weighted by molar-refractivity contribution is 0.0691. The standard InChI is InChI=1S/C13H12N2O5/c1-18-6-10-9(13(16)17)5-14-15(10)8-2-3-11-12(4-8)20-7-19-11/h2-5H,6-7H2,1H3,(H,16,17). The zero-order valence-corrected chi connectivity index (χ0v) is 10.7. The van der Waals surface area contributed by atoms with Gasteiger partial charge in [0.2, 0.25) is 6.79 Å². The number of carboxylic acid groups (broad SMARTS) is 1. The smallest absolute Gasteiger partial charge is 0.339 e. The van der Waals surface area contributed by atoms with Gasteiger partial charge in [0.1, 0.15) is 5.56 Å². The number of carbonyl (C=O) groups is 1. The topological polar surface area (TPSA) is 82.8 Å². The summed E-state index contributed by atoms with van der Waals surface area (Å²) in [7, 11) is 1.50. The number of fused-ring (bicyclic) bond motifs is 1. The average Bonchev–Trinajstić information content (AvgIpc) is 3.04. The number of nitrogens with zero attached hydrogens (tertiary/aromatic N) is 2. The molecule has 1 aliphatic rings. The van der Waals surface area contributed by atoms with Crippen molar-refractivity contribution in [2.75, 3.05) is 13.9 Å². The molecular weight excluding hydrogens is 264 g/mol. The summed E-state index contributed by atoms with van der Waals surface area (Å²) in [4.78, 5) is 11.2. The molecule has 3 rings (SSSR count). The second-order valence-electron chi connectivity index (χ2n) is 4.19. The quantitative estimate of drug-likeness (QED) is 0.910. The molecule has 7 heteroatoms. The Morgan fingerprint density at radius 1 is 1.45 bits per heavy atom. The summed E-state index contributed by atoms with van der Waals surface area (Å²) < 4.78 is 17.1. The molecule has 1 aromatic carbocycles. The SMILES string of the molecule is COCc1c(C(=O)O)cnn1-c1ccc2c(c1)OCO2. The summed E-state index contributed by atoms with van der Waals surface area (Å²) in [5, 5.41) is 13.3. The lowest BCUT2D eigenvalue weighted by atomic mass is 10.2. The van der Waals surface area contributed by atoms with Crippen molar-refractivity contribution >= 4 is 5.97 Å². The van der Waals surface area contributed by atoms with E-state index in [9.17, 15) is 4.79 Å². The monoisotopic (exact) mass is 276 g/mol. The summed E-state index contributed by atoms with van der Waals surface area (Å²) in [5.41, 5.74) is 1.28. The molecule has 0 amide bonds. The van der Waals surface area contributed by atoms with Crippen molar-refractivity contribution in [3.8, 4) is 17.2 Å². The van der Waals surface area contributed by atoms with E-state index in [4.69, 9.17) is 19.3 Å². The molecular formula is C13H12N2O5. The molecule has 2 heterocycles. The van der Waals surface area contributed by atoms with Gasteiger partial charge in [-0.25, -0.2) is 9.48 Å². The predicted octanol–water partition coefficient (Wildman–Crippen LogP) is 1.45. The third kappa shape index (κ3) is 1.97. The van der Waals surface area contributed by atoms with E-state index in [1.165, 1.54) is 18.0 Å². The van der Waals surface area contributed by atoms with E-state index in [-0.39, 0.29) is 19.0 Å². The first-order valence-electron chi connectivity index (χ1n) is 5.90. The van der Waals surface area contributed by atoms with E-state index in [0.717, 1.165) is 0 Å². The number of methoxy groups -OCH3 is 1. The van der Waals surface area contributed by atoms with Crippen LogP contribution in [0.15, 0.2) is 24.4 Å². The average molecular weight is 276 g/mol. The highest BCUT2D eigenvalue weighted by atomic mass is 16.7. The molecule has 20 heavy (non-hydrogen) atoms. The van der Waals surface area contributed by atoms with Crippen LogP contribution in [0.1, 0.15) is 16.1 Å². The highest BCUT2D eigenvalue weighted by molar-refractivity contribution is 5.88. The van der Waals surface area contributed by atoms with Crippen molar-refractivity contribution in [2.24, 2.45) is 0 Å². The van der Waals surface area contributed by atoms with Crippen LogP contribution in [0.3, 0.4) is 0 Å². The molecule has 0 saturated heterocycles. The Morgan fingerprint density at radius 3 is 3.00 bits per heavy atom. The number of carboxylic acids is 1. The molecule has 0 saturated carbocycles. The number of hydrogen-bond donors (Lipinski definition) is 1. The van der Waals surface area contributed by atoms with E-state index in [0.29, 0.717) is 22.9 Å². The second-order valence-corrected chi connectivity index (χ2v) is 4.19. The van der Waals surface area contributed by atoms with Crippen LogP contribution in [0, 0.1) is 0 Å². The summed E-state index contributed by atoms with van der Waals surface area (Å²) in [6, 6.07) is 5.29. The first-order valence-corrected chi connectivity index (χ1v) is 5.90. The predicted molar refractivity (Wildman–Crippen MR) is 67.4 cm³/mol. The Labute approximate surface area is 114 Å². The van der Waals surface area contributed by atoms with Gasteiger partial charge in [0, 0.05) is 13.2 Å². The van der Waals surface area contributed by atoms with Crippen molar-refractivity contribution in [2.45, 2.75) is 6.61 Å². The van der Waals surface area contributed by atoms with Gasteiger partial charge in [0.15, 0.2) is 11.5 Å². The fourth-order valence-electron chi connectivity index (χ4n) is 2.07. The number of aromatic nitrogens is 2. The Kier molecular flexibility index (Phi) is 3.03. The highest BCUT2D eigenvalue weighted by Gasteiger charge is 2.20. The third-order valence-electron chi connectivity index (χ3n) is 2.98. The zero-order valence-electron chi connectivity index (χ0n) is 10.7. The third-order valence-corrected chi connectivity index (χ3v) is 2.98. The summed E-state index contributed by atoms with van der Waals surface area (Å²) in [5.74, 6) is 0.231. The van der Waals surface area contributed by atoms with Gasteiger partial charge < -0.3 is 19.3 Å². The van der Waals surface area contributed by atoms with Crippen LogP contribution in [0.25, 0.3) is 5.69 Å². The maximum absolute atomic E-state index is 11.2. The lowest BCUT2D eigenvalue weighted by Crippen LogP contribution is -2.07. The molecule has 0 atom stereocenters. The minimum absolute atomic E-state index is 0.115. The Balaban J connectivity index is 2.07. The van der Waals surface area contributed by atoms with E-state index in [1.54, 1.807) is 18.2 Å². The molecule has 104 valence electrons. The number of hydrogen-bond acceptors (Lipinski definition) is 5. The molecule has 1 aromatic heterocycles. The van der Waals surface area contributed by atoms with Crippen molar-refractivity contribution in [1.29, 1.82) is 0 Å². The van der Waals surface area contributed by atoms with Crippen LogP contribution in [0.4, 0.5) is 0 Å². The molecule has 2 aromatic rings. The fourth-order valence-corrected chi connectivity index (χ4v) is 2.07. The minimum Gasteiger partial charge on any atom is -0.478 e. The van der Waals surface area contributed by atoms with Crippen molar-refractivity contribution in [1.82, 2.24) is 9.78 Å². The van der Waals surface area contributed by atoms with Crippen molar-refractivity contribution in [3.63, 3.8) is 0 Å². The van der Waals surface area contributed by atoms with Crippen LogP contribution in [0.5, 0.6) is 11.5 Å². The van der Waals surface area contributed by atoms with Crippen molar-refractivity contribution in [3.05, 3.63) is 35.7 Å². The van der Waals surface area contributed by atoms with E-state index in [2.05, 4.69) is 5.10 Å². The van der Waals surface area contributed by atoms with Crippen molar-refractivity contribution < 1.29 is 24.1 Å². The maximum atomic E-state index is 11.2. The largest absolute Gasteiger partial charge is 0.478 e. The molecule has 0 fully saturated rings. The molecule has 0 spiro atoms. The number of rotatable bonds is 4. The summed E-state index contributed by atoms with van der Waals surface area (Å²) in [6.07, 6.45) is 1.31. The van der Waals surface area contributed by atoms with Gasteiger partial charge in [-0.05, 0) is 12.1 Å². The molecule has 1 N–H and O–H groups in total. The van der Waals surface area contributed by atoms with Crippen LogP contribution >= 0.6 is 0 Å². The van der Waals surface area contributed by atoms with E-state index < -0.39 is 5.97 Å². The van der Waals surface area contributed by atoms with Gasteiger partial charge in [-0.1, -0.05) is 0 Å². The molecule has 0 aliphatic carbocycles. The molecule has 0 radical (unpaired) electrons. The van der Waals surface area contributed by atoms with Gasteiger partial charge in [0.05, 0.1) is 24.2 Å².